The van der Waals surface area contributed by atoms with E-state index in [0.717, 1.165) is 43.1 Å². The highest BCUT2D eigenvalue weighted by Crippen LogP contribution is 2.24. The Balaban J connectivity index is 1.43. The highest BCUT2D eigenvalue weighted by atomic mass is 16.2. The summed E-state index contributed by atoms with van der Waals surface area (Å²) < 4.78 is 0. The van der Waals surface area contributed by atoms with Crippen molar-refractivity contribution in [1.82, 2.24) is 14.9 Å². The van der Waals surface area contributed by atoms with Gasteiger partial charge in [0.15, 0.2) is 0 Å². The van der Waals surface area contributed by atoms with Crippen LogP contribution in [-0.2, 0) is 11.3 Å². The number of piperazine rings is 1. The maximum absolute atomic E-state index is 11.8. The fraction of sp³-hybridized carbons (Fsp3) is 0.250. The summed E-state index contributed by atoms with van der Waals surface area (Å²) in [5.41, 5.74) is 9.41. The predicted molar refractivity (Wildman–Crippen MR) is 129 cm³/mol. The summed E-state index contributed by atoms with van der Waals surface area (Å²) in [6, 6.07) is 13.6. The number of benzene rings is 1. The molecule has 1 saturated heterocycles. The normalized spacial score (nSPS) is 13.5. The van der Waals surface area contributed by atoms with E-state index in [1.54, 1.807) is 25.4 Å². The van der Waals surface area contributed by atoms with Crippen LogP contribution in [0.5, 0.6) is 0 Å². The zero-order valence-corrected chi connectivity index (χ0v) is 18.5. The molecule has 1 aliphatic heterocycles. The average Bonchev–Trinajstić information content (AvgIpc) is 2.84. The van der Waals surface area contributed by atoms with E-state index >= 15 is 0 Å². The SMILES string of the molecule is CC(=O)N1CCN(c2ccc(Nc3cc(NCc4cccnc4)c(C(N)=O)cn3)cc2)CC1. The van der Waals surface area contributed by atoms with E-state index < -0.39 is 5.91 Å². The number of hydrogen-bond acceptors (Lipinski definition) is 7. The van der Waals surface area contributed by atoms with Gasteiger partial charge >= 0.3 is 0 Å². The van der Waals surface area contributed by atoms with Crippen molar-refractivity contribution in [2.75, 3.05) is 41.7 Å². The molecule has 0 atom stereocenters. The van der Waals surface area contributed by atoms with Crippen LogP contribution in [0.15, 0.2) is 61.1 Å². The lowest BCUT2D eigenvalue weighted by Crippen LogP contribution is -2.48. The molecule has 4 N–H and O–H groups in total. The number of rotatable bonds is 7. The van der Waals surface area contributed by atoms with Gasteiger partial charge in [0.05, 0.1) is 11.3 Å². The summed E-state index contributed by atoms with van der Waals surface area (Å²) in [6.45, 7) is 5.21. The summed E-state index contributed by atoms with van der Waals surface area (Å²) in [5, 5.41) is 6.52. The van der Waals surface area contributed by atoms with Gasteiger partial charge in [-0.15, -0.1) is 0 Å². The van der Waals surface area contributed by atoms with Gasteiger partial charge in [-0.3, -0.25) is 14.6 Å². The van der Waals surface area contributed by atoms with Crippen LogP contribution in [-0.4, -0.2) is 52.9 Å². The minimum atomic E-state index is -0.544. The Morgan fingerprint density at radius 1 is 1.06 bits per heavy atom. The number of amides is 2. The Kier molecular flexibility index (Phi) is 6.68. The van der Waals surface area contributed by atoms with Crippen LogP contribution in [0.2, 0.25) is 0 Å². The molecule has 4 rings (SSSR count). The van der Waals surface area contributed by atoms with Gasteiger partial charge in [-0.25, -0.2) is 4.98 Å². The van der Waals surface area contributed by atoms with Crippen molar-refractivity contribution in [2.24, 2.45) is 5.73 Å². The number of nitrogens with one attached hydrogen (secondary N) is 2. The molecule has 3 aromatic rings. The lowest BCUT2D eigenvalue weighted by molar-refractivity contribution is -0.129. The molecule has 2 aromatic heterocycles. The second-order valence-corrected chi connectivity index (χ2v) is 7.86. The molecule has 1 aliphatic rings. The number of pyridine rings is 2. The molecule has 0 saturated carbocycles. The number of primary amides is 1. The Morgan fingerprint density at radius 2 is 1.82 bits per heavy atom. The molecule has 0 radical (unpaired) electrons. The van der Waals surface area contributed by atoms with Gasteiger partial charge in [-0.2, -0.15) is 0 Å². The fourth-order valence-electron chi connectivity index (χ4n) is 3.75. The van der Waals surface area contributed by atoms with Crippen molar-refractivity contribution in [3.63, 3.8) is 0 Å². The quantitative estimate of drug-likeness (QED) is 0.512. The minimum absolute atomic E-state index is 0.123. The smallest absolute Gasteiger partial charge is 0.252 e. The molecule has 33 heavy (non-hydrogen) atoms. The summed E-state index contributed by atoms with van der Waals surface area (Å²) >= 11 is 0. The van der Waals surface area contributed by atoms with Gasteiger partial charge in [0.1, 0.15) is 5.82 Å². The summed E-state index contributed by atoms with van der Waals surface area (Å²) in [6.07, 6.45) is 4.95. The van der Waals surface area contributed by atoms with Crippen LogP contribution < -0.4 is 21.3 Å². The Morgan fingerprint density at radius 3 is 2.45 bits per heavy atom. The highest BCUT2D eigenvalue weighted by molar-refractivity contribution is 5.98. The molecule has 0 unspecified atom stereocenters. The molecule has 0 spiro atoms. The topological polar surface area (TPSA) is 116 Å². The van der Waals surface area contributed by atoms with Gasteiger partial charge in [0.2, 0.25) is 5.91 Å². The summed E-state index contributed by atoms with van der Waals surface area (Å²) in [4.78, 5) is 35.9. The van der Waals surface area contributed by atoms with E-state index in [-0.39, 0.29) is 5.91 Å². The number of aromatic nitrogens is 2. The van der Waals surface area contributed by atoms with Crippen LogP contribution in [0, 0.1) is 0 Å². The first-order valence-corrected chi connectivity index (χ1v) is 10.8. The van der Waals surface area contributed by atoms with Gasteiger partial charge in [0.25, 0.3) is 5.91 Å². The first-order chi connectivity index (χ1) is 16.0. The summed E-state index contributed by atoms with van der Waals surface area (Å²) in [7, 11) is 0. The largest absolute Gasteiger partial charge is 0.380 e. The molecule has 1 fully saturated rings. The molecule has 9 nitrogen and oxygen atoms in total. The summed E-state index contributed by atoms with van der Waals surface area (Å²) in [5.74, 6) is 0.173. The van der Waals surface area contributed by atoms with Crippen molar-refractivity contribution < 1.29 is 9.59 Å². The van der Waals surface area contributed by atoms with Crippen molar-refractivity contribution in [2.45, 2.75) is 13.5 Å². The number of carbonyl (C=O) groups excluding carboxylic acids is 2. The van der Waals surface area contributed by atoms with E-state index in [9.17, 15) is 9.59 Å². The van der Waals surface area contributed by atoms with Crippen molar-refractivity contribution in [3.05, 3.63) is 72.2 Å². The molecule has 170 valence electrons. The molecule has 3 heterocycles. The lowest BCUT2D eigenvalue weighted by Gasteiger charge is -2.35. The molecule has 9 heteroatoms. The van der Waals surface area contributed by atoms with E-state index in [1.165, 1.54) is 6.20 Å². The van der Waals surface area contributed by atoms with Crippen LogP contribution in [0.3, 0.4) is 0 Å². The zero-order chi connectivity index (χ0) is 23.2. The van der Waals surface area contributed by atoms with Crippen LogP contribution in [0.1, 0.15) is 22.8 Å². The van der Waals surface area contributed by atoms with Gasteiger partial charge in [-0.05, 0) is 35.9 Å². The molecule has 1 aromatic carbocycles. The molecule has 0 bridgehead atoms. The third-order valence-electron chi connectivity index (χ3n) is 5.61. The number of nitrogens with zero attached hydrogens (tertiary/aromatic N) is 4. The molecule has 0 aliphatic carbocycles. The number of nitrogens with two attached hydrogens (primary N) is 1. The molecular formula is C24H27N7O2. The van der Waals surface area contributed by atoms with E-state index in [1.807, 2.05) is 41.3 Å². The van der Waals surface area contributed by atoms with Gasteiger partial charge in [-0.1, -0.05) is 6.07 Å². The lowest BCUT2D eigenvalue weighted by atomic mass is 10.2. The Bertz CT molecular complexity index is 1110. The molecular weight excluding hydrogens is 418 g/mol. The average molecular weight is 446 g/mol. The van der Waals surface area contributed by atoms with E-state index in [4.69, 9.17) is 5.73 Å². The number of anilines is 4. The maximum atomic E-state index is 11.8. The van der Waals surface area contributed by atoms with E-state index in [0.29, 0.717) is 23.6 Å². The first kappa shape index (κ1) is 22.1. The van der Waals surface area contributed by atoms with E-state index in [2.05, 4.69) is 25.5 Å². The first-order valence-electron chi connectivity index (χ1n) is 10.8. The van der Waals surface area contributed by atoms with Gasteiger partial charge in [0, 0.05) is 75.7 Å². The van der Waals surface area contributed by atoms with Crippen molar-refractivity contribution in [3.8, 4) is 0 Å². The third-order valence-corrected chi connectivity index (χ3v) is 5.61. The van der Waals surface area contributed by atoms with Crippen molar-refractivity contribution >= 4 is 34.7 Å². The predicted octanol–water partition coefficient (Wildman–Crippen LogP) is 2.60. The number of hydrogen-bond donors (Lipinski definition) is 3. The zero-order valence-electron chi connectivity index (χ0n) is 18.5. The van der Waals surface area contributed by atoms with Crippen LogP contribution in [0.25, 0.3) is 0 Å². The maximum Gasteiger partial charge on any atom is 0.252 e. The monoisotopic (exact) mass is 445 g/mol. The Labute approximate surface area is 192 Å². The fourth-order valence-corrected chi connectivity index (χ4v) is 3.75. The highest BCUT2D eigenvalue weighted by Gasteiger charge is 2.18. The van der Waals surface area contributed by atoms with Crippen LogP contribution in [0.4, 0.5) is 22.9 Å². The van der Waals surface area contributed by atoms with Crippen molar-refractivity contribution in [1.29, 1.82) is 0 Å². The molecule has 2 amide bonds. The standard InChI is InChI=1S/C24H27N7O2/c1-17(32)30-9-11-31(12-10-30)20-6-4-19(5-7-20)29-23-13-22(21(16-28-23)24(25)33)27-15-18-3-2-8-26-14-18/h2-8,13-14,16H,9-12,15H2,1H3,(H2,25,33)(H2,27,28,29). The second kappa shape index (κ2) is 9.99. The minimum Gasteiger partial charge on any atom is -0.380 e. The number of carbonyl (C=O) groups is 2. The second-order valence-electron chi connectivity index (χ2n) is 7.86. The third kappa shape index (κ3) is 5.57. The van der Waals surface area contributed by atoms with Gasteiger partial charge < -0.3 is 26.2 Å². The van der Waals surface area contributed by atoms with Crippen LogP contribution >= 0.6 is 0 Å². The Hall–Kier alpha value is -4.14.